The molecule has 1 N–H and O–H groups in total. The quantitative estimate of drug-likeness (QED) is 0.802. The van der Waals surface area contributed by atoms with Crippen molar-refractivity contribution in [2.45, 2.75) is 12.2 Å². The van der Waals surface area contributed by atoms with Crippen LogP contribution in [0.2, 0.25) is 0 Å². The zero-order valence-corrected chi connectivity index (χ0v) is 10.6. The Bertz CT molecular complexity index is 732. The third-order valence-electron chi connectivity index (χ3n) is 3.42. The van der Waals surface area contributed by atoms with Gasteiger partial charge in [-0.15, -0.1) is 0 Å². The molecule has 0 radical (unpaired) electrons. The summed E-state index contributed by atoms with van der Waals surface area (Å²) in [5.74, 6) is 0. The maximum Gasteiger partial charge on any atom is 0.276 e. The van der Waals surface area contributed by atoms with Gasteiger partial charge in [0.15, 0.2) is 0 Å². The van der Waals surface area contributed by atoms with Crippen molar-refractivity contribution in [2.24, 2.45) is 0 Å². The van der Waals surface area contributed by atoms with E-state index in [2.05, 4.69) is 0 Å². The molecule has 18 heavy (non-hydrogen) atoms. The first-order chi connectivity index (χ1) is 8.50. The van der Waals surface area contributed by atoms with E-state index in [0.717, 1.165) is 16.7 Å². The molecule has 2 aromatic rings. The summed E-state index contributed by atoms with van der Waals surface area (Å²) in [5.41, 5.74) is 4.02. The lowest BCUT2D eigenvalue weighted by Crippen LogP contribution is -2.11. The van der Waals surface area contributed by atoms with E-state index in [-0.39, 0.29) is 0 Å². The van der Waals surface area contributed by atoms with E-state index in [4.69, 9.17) is 0 Å². The van der Waals surface area contributed by atoms with Crippen LogP contribution in [0, 0.1) is 6.92 Å². The Morgan fingerprint density at radius 3 is 2.39 bits per heavy atom. The minimum atomic E-state index is -4.15. The highest BCUT2D eigenvalue weighted by atomic mass is 32.2. The smallest absolute Gasteiger partial charge is 0.276 e. The molecule has 0 saturated carbocycles. The lowest BCUT2D eigenvalue weighted by atomic mass is 10.0. The molecule has 0 saturated heterocycles. The Labute approximate surface area is 106 Å². The van der Waals surface area contributed by atoms with Gasteiger partial charge in [0.1, 0.15) is 5.25 Å². The molecule has 0 heterocycles. The summed E-state index contributed by atoms with van der Waals surface area (Å²) in [6.45, 7) is 1.86. The van der Waals surface area contributed by atoms with Crippen LogP contribution in [0.3, 0.4) is 0 Å². The number of rotatable bonds is 1. The molecule has 1 atom stereocenters. The normalized spacial score (nSPS) is 17.3. The first-order valence-corrected chi connectivity index (χ1v) is 7.15. The van der Waals surface area contributed by atoms with Crippen molar-refractivity contribution in [1.29, 1.82) is 0 Å². The molecule has 3 nitrogen and oxygen atoms in total. The maximum atomic E-state index is 11.7. The molecule has 92 valence electrons. The predicted octanol–water partition coefficient (Wildman–Crippen LogP) is 2.95. The van der Waals surface area contributed by atoms with E-state index in [0.29, 0.717) is 11.1 Å². The molecule has 0 aliphatic heterocycles. The standard InChI is InChI=1S/C14H12O3S/c1-9-5-4-8-11-10-6-2-3-7-12(10)14(13(9)11)18(15,16)17/h2-8,14H,1H3,(H,15,16,17). The van der Waals surface area contributed by atoms with Crippen LogP contribution in [-0.2, 0) is 10.1 Å². The van der Waals surface area contributed by atoms with Crippen LogP contribution < -0.4 is 0 Å². The molecular formula is C14H12O3S. The van der Waals surface area contributed by atoms with Crippen LogP contribution in [0.15, 0.2) is 42.5 Å². The first kappa shape index (κ1) is 11.4. The summed E-state index contributed by atoms with van der Waals surface area (Å²) in [5, 5.41) is -0.954. The van der Waals surface area contributed by atoms with Gasteiger partial charge in [-0.2, -0.15) is 8.42 Å². The largest absolute Gasteiger partial charge is 0.285 e. The second kappa shape index (κ2) is 3.67. The van der Waals surface area contributed by atoms with Gasteiger partial charge in [0.05, 0.1) is 0 Å². The summed E-state index contributed by atoms with van der Waals surface area (Å²) in [7, 11) is -4.15. The van der Waals surface area contributed by atoms with Crippen molar-refractivity contribution in [3.05, 3.63) is 59.2 Å². The third-order valence-corrected chi connectivity index (χ3v) is 4.50. The van der Waals surface area contributed by atoms with E-state index in [1.54, 1.807) is 12.1 Å². The zero-order chi connectivity index (χ0) is 12.9. The predicted molar refractivity (Wildman–Crippen MR) is 70.0 cm³/mol. The number of aryl methyl sites for hydroxylation is 1. The minimum absolute atomic E-state index is 0.657. The van der Waals surface area contributed by atoms with Gasteiger partial charge in [-0.05, 0) is 34.7 Å². The lowest BCUT2D eigenvalue weighted by molar-refractivity contribution is 0.476. The third kappa shape index (κ3) is 1.50. The summed E-state index contributed by atoms with van der Waals surface area (Å²) >= 11 is 0. The fraction of sp³-hybridized carbons (Fsp3) is 0.143. The number of benzene rings is 2. The van der Waals surface area contributed by atoms with Crippen LogP contribution in [0.1, 0.15) is 21.9 Å². The average molecular weight is 260 g/mol. The van der Waals surface area contributed by atoms with Crippen LogP contribution in [0.25, 0.3) is 11.1 Å². The highest BCUT2D eigenvalue weighted by Gasteiger charge is 2.37. The van der Waals surface area contributed by atoms with Gasteiger partial charge in [-0.1, -0.05) is 42.5 Å². The monoisotopic (exact) mass is 260 g/mol. The van der Waals surface area contributed by atoms with Gasteiger partial charge >= 0.3 is 0 Å². The van der Waals surface area contributed by atoms with Gasteiger partial charge in [0.2, 0.25) is 0 Å². The van der Waals surface area contributed by atoms with E-state index >= 15 is 0 Å². The molecule has 1 aliphatic rings. The average Bonchev–Trinajstić information content (AvgIpc) is 2.65. The lowest BCUT2D eigenvalue weighted by Gasteiger charge is -2.11. The van der Waals surface area contributed by atoms with Crippen molar-refractivity contribution >= 4 is 10.1 Å². The highest BCUT2D eigenvalue weighted by molar-refractivity contribution is 7.86. The summed E-state index contributed by atoms with van der Waals surface area (Å²) in [6, 6.07) is 13.0. The number of hydrogen-bond donors (Lipinski definition) is 1. The summed E-state index contributed by atoms with van der Waals surface area (Å²) in [4.78, 5) is 0. The van der Waals surface area contributed by atoms with Crippen LogP contribution >= 0.6 is 0 Å². The SMILES string of the molecule is Cc1cccc2c1C(S(=O)(=O)O)c1ccccc1-2. The summed E-state index contributed by atoms with van der Waals surface area (Å²) in [6.07, 6.45) is 0. The van der Waals surface area contributed by atoms with Crippen LogP contribution in [0.4, 0.5) is 0 Å². The minimum Gasteiger partial charge on any atom is -0.285 e. The zero-order valence-electron chi connectivity index (χ0n) is 9.79. The van der Waals surface area contributed by atoms with Gasteiger partial charge in [-0.3, -0.25) is 4.55 Å². The molecule has 0 amide bonds. The molecule has 2 aromatic carbocycles. The van der Waals surface area contributed by atoms with E-state index in [1.165, 1.54) is 0 Å². The maximum absolute atomic E-state index is 11.7. The molecule has 0 aromatic heterocycles. The van der Waals surface area contributed by atoms with Crippen molar-refractivity contribution < 1.29 is 13.0 Å². The number of fused-ring (bicyclic) bond motifs is 3. The Balaban J connectivity index is 2.43. The molecule has 0 bridgehead atoms. The van der Waals surface area contributed by atoms with Crippen LogP contribution in [0.5, 0.6) is 0 Å². The van der Waals surface area contributed by atoms with Gasteiger partial charge in [0.25, 0.3) is 10.1 Å². The van der Waals surface area contributed by atoms with E-state index < -0.39 is 15.4 Å². The summed E-state index contributed by atoms with van der Waals surface area (Å²) < 4.78 is 32.8. The number of hydrogen-bond acceptors (Lipinski definition) is 2. The second-order valence-corrected chi connectivity index (χ2v) is 6.02. The van der Waals surface area contributed by atoms with Crippen LogP contribution in [-0.4, -0.2) is 13.0 Å². The molecule has 3 rings (SSSR count). The Morgan fingerprint density at radius 1 is 1.00 bits per heavy atom. The fourth-order valence-electron chi connectivity index (χ4n) is 2.70. The van der Waals surface area contributed by atoms with Crippen molar-refractivity contribution in [2.75, 3.05) is 0 Å². The second-order valence-electron chi connectivity index (χ2n) is 4.52. The Hall–Kier alpha value is -1.65. The van der Waals surface area contributed by atoms with Crippen molar-refractivity contribution in [3.8, 4) is 11.1 Å². The van der Waals surface area contributed by atoms with Gasteiger partial charge < -0.3 is 0 Å². The topological polar surface area (TPSA) is 54.4 Å². The van der Waals surface area contributed by atoms with Gasteiger partial charge in [-0.25, -0.2) is 0 Å². The fourth-order valence-corrected chi connectivity index (χ4v) is 3.84. The van der Waals surface area contributed by atoms with Crippen molar-refractivity contribution in [3.63, 3.8) is 0 Å². The molecule has 1 aliphatic carbocycles. The Morgan fingerprint density at radius 2 is 1.67 bits per heavy atom. The Kier molecular flexibility index (Phi) is 2.33. The molecule has 0 spiro atoms. The molecule has 0 fully saturated rings. The van der Waals surface area contributed by atoms with E-state index in [1.807, 2.05) is 37.3 Å². The molecule has 4 heteroatoms. The van der Waals surface area contributed by atoms with Gasteiger partial charge in [0, 0.05) is 0 Å². The van der Waals surface area contributed by atoms with E-state index in [9.17, 15) is 13.0 Å². The first-order valence-electron chi connectivity index (χ1n) is 5.65. The van der Waals surface area contributed by atoms with Crippen molar-refractivity contribution in [1.82, 2.24) is 0 Å². The molecule has 1 unspecified atom stereocenters. The molecular weight excluding hydrogens is 248 g/mol. The highest BCUT2D eigenvalue weighted by Crippen LogP contribution is 2.48.